The number of carbonyl (C=O) groups is 2. The van der Waals surface area contributed by atoms with Crippen molar-refractivity contribution < 1.29 is 14.3 Å². The van der Waals surface area contributed by atoms with Crippen LogP contribution >= 0.6 is 11.3 Å². The van der Waals surface area contributed by atoms with Crippen LogP contribution in [0, 0.1) is 0 Å². The predicted molar refractivity (Wildman–Crippen MR) is 87.1 cm³/mol. The topological polar surface area (TPSA) is 71.5 Å². The SMILES string of the molecule is CCc1nc(CCNC(=O)CN(C)C(=O)OC(C)(C)C)cs1. The second-order valence-corrected chi connectivity index (χ2v) is 6.97. The van der Waals surface area contributed by atoms with Crippen LogP contribution in [0.5, 0.6) is 0 Å². The molecule has 0 atom stereocenters. The third kappa shape index (κ3) is 6.89. The van der Waals surface area contributed by atoms with Gasteiger partial charge < -0.3 is 15.0 Å². The summed E-state index contributed by atoms with van der Waals surface area (Å²) in [4.78, 5) is 29.2. The van der Waals surface area contributed by atoms with E-state index in [0.29, 0.717) is 13.0 Å². The van der Waals surface area contributed by atoms with Gasteiger partial charge in [-0.15, -0.1) is 11.3 Å². The summed E-state index contributed by atoms with van der Waals surface area (Å²) < 4.78 is 5.19. The van der Waals surface area contributed by atoms with Crippen molar-refractivity contribution in [3.05, 3.63) is 16.1 Å². The number of rotatable bonds is 6. The maximum atomic E-state index is 11.8. The summed E-state index contributed by atoms with van der Waals surface area (Å²) in [5.74, 6) is -0.209. The van der Waals surface area contributed by atoms with E-state index in [9.17, 15) is 9.59 Å². The van der Waals surface area contributed by atoms with Crippen LogP contribution in [0.1, 0.15) is 38.4 Å². The summed E-state index contributed by atoms with van der Waals surface area (Å²) in [5, 5.41) is 5.90. The first-order valence-corrected chi connectivity index (χ1v) is 8.23. The summed E-state index contributed by atoms with van der Waals surface area (Å²) in [7, 11) is 1.54. The van der Waals surface area contributed by atoms with E-state index in [0.717, 1.165) is 17.1 Å². The smallest absolute Gasteiger partial charge is 0.410 e. The van der Waals surface area contributed by atoms with Crippen molar-refractivity contribution in [2.24, 2.45) is 0 Å². The minimum absolute atomic E-state index is 0.0216. The lowest BCUT2D eigenvalue weighted by molar-refractivity contribution is -0.121. The summed E-state index contributed by atoms with van der Waals surface area (Å²) in [5.41, 5.74) is 0.423. The molecule has 0 unspecified atom stereocenters. The lowest BCUT2D eigenvalue weighted by atomic mass is 10.2. The largest absolute Gasteiger partial charge is 0.444 e. The molecule has 1 N–H and O–H groups in total. The zero-order chi connectivity index (χ0) is 16.8. The molecule has 7 heteroatoms. The maximum absolute atomic E-state index is 11.8. The average molecular weight is 327 g/mol. The van der Waals surface area contributed by atoms with Crippen LogP contribution in [0.4, 0.5) is 4.79 Å². The van der Waals surface area contributed by atoms with E-state index in [4.69, 9.17) is 4.74 Å². The van der Waals surface area contributed by atoms with E-state index in [2.05, 4.69) is 17.2 Å². The van der Waals surface area contributed by atoms with Crippen molar-refractivity contribution in [2.75, 3.05) is 20.1 Å². The van der Waals surface area contributed by atoms with Crippen LogP contribution in [0.15, 0.2) is 5.38 Å². The molecule has 0 bridgehead atoms. The van der Waals surface area contributed by atoms with Gasteiger partial charge >= 0.3 is 6.09 Å². The van der Waals surface area contributed by atoms with Crippen molar-refractivity contribution >= 4 is 23.3 Å². The van der Waals surface area contributed by atoms with Crippen LogP contribution < -0.4 is 5.32 Å². The van der Waals surface area contributed by atoms with E-state index >= 15 is 0 Å². The molecule has 0 saturated heterocycles. The molecule has 0 spiro atoms. The van der Waals surface area contributed by atoms with Gasteiger partial charge in [0.2, 0.25) is 5.91 Å². The molecule has 0 aliphatic heterocycles. The highest BCUT2D eigenvalue weighted by Crippen LogP contribution is 2.10. The normalized spacial score (nSPS) is 11.1. The van der Waals surface area contributed by atoms with Gasteiger partial charge in [0.15, 0.2) is 0 Å². The molecule has 1 heterocycles. The fraction of sp³-hybridized carbons (Fsp3) is 0.667. The van der Waals surface area contributed by atoms with Gasteiger partial charge in [-0.1, -0.05) is 6.92 Å². The summed E-state index contributed by atoms with van der Waals surface area (Å²) in [6, 6.07) is 0. The number of aromatic nitrogens is 1. The Hall–Kier alpha value is -1.63. The van der Waals surface area contributed by atoms with Crippen LogP contribution in [0.3, 0.4) is 0 Å². The molecule has 22 heavy (non-hydrogen) atoms. The summed E-state index contributed by atoms with van der Waals surface area (Å²) >= 11 is 1.63. The number of amides is 2. The lowest BCUT2D eigenvalue weighted by Gasteiger charge is -2.24. The molecule has 0 radical (unpaired) electrons. The predicted octanol–water partition coefficient (Wildman–Crippen LogP) is 2.23. The van der Waals surface area contributed by atoms with Crippen LogP contribution in [-0.4, -0.2) is 47.6 Å². The zero-order valence-electron chi connectivity index (χ0n) is 13.9. The van der Waals surface area contributed by atoms with Gasteiger partial charge in [0.05, 0.1) is 10.7 Å². The third-order valence-corrected chi connectivity index (χ3v) is 3.73. The Bertz CT molecular complexity index is 508. The molecule has 0 aliphatic rings. The number of hydrogen-bond donors (Lipinski definition) is 1. The molecule has 0 aromatic carbocycles. The number of ether oxygens (including phenoxy) is 1. The highest BCUT2D eigenvalue weighted by atomic mass is 32.1. The first-order valence-electron chi connectivity index (χ1n) is 7.35. The molecule has 0 fully saturated rings. The number of carbonyl (C=O) groups excluding carboxylic acids is 2. The Kier molecular flexibility index (Phi) is 6.80. The first-order chi connectivity index (χ1) is 10.2. The monoisotopic (exact) mass is 327 g/mol. The van der Waals surface area contributed by atoms with Crippen LogP contribution in [0.25, 0.3) is 0 Å². The number of aryl methyl sites for hydroxylation is 1. The fourth-order valence-electron chi connectivity index (χ4n) is 1.63. The van der Waals surface area contributed by atoms with Crippen molar-refractivity contribution in [1.29, 1.82) is 0 Å². The van der Waals surface area contributed by atoms with Gasteiger partial charge in [-0.2, -0.15) is 0 Å². The highest BCUT2D eigenvalue weighted by Gasteiger charge is 2.20. The van der Waals surface area contributed by atoms with Gasteiger partial charge in [-0.05, 0) is 27.2 Å². The van der Waals surface area contributed by atoms with E-state index in [1.807, 2.05) is 5.38 Å². The van der Waals surface area contributed by atoms with Crippen LogP contribution in [-0.2, 0) is 22.4 Å². The quantitative estimate of drug-likeness (QED) is 0.870. The van der Waals surface area contributed by atoms with Crippen molar-refractivity contribution in [3.63, 3.8) is 0 Å². The molecule has 2 amide bonds. The number of nitrogens with zero attached hydrogens (tertiary/aromatic N) is 2. The Balaban J connectivity index is 2.29. The molecule has 1 aromatic heterocycles. The van der Waals surface area contributed by atoms with Crippen LogP contribution in [0.2, 0.25) is 0 Å². The number of nitrogens with one attached hydrogen (secondary N) is 1. The maximum Gasteiger partial charge on any atom is 0.410 e. The summed E-state index contributed by atoms with van der Waals surface area (Å²) in [6.07, 6.45) is 1.12. The van der Waals surface area contributed by atoms with Gasteiger partial charge in [0, 0.05) is 25.4 Å². The second-order valence-electron chi connectivity index (χ2n) is 6.02. The van der Waals surface area contributed by atoms with E-state index in [1.54, 1.807) is 39.2 Å². The summed E-state index contributed by atoms with van der Waals surface area (Å²) in [6.45, 7) is 7.92. The molecular weight excluding hydrogens is 302 g/mol. The van der Waals surface area contributed by atoms with Gasteiger partial charge in [-0.25, -0.2) is 9.78 Å². The molecule has 1 rings (SSSR count). The number of hydrogen-bond acceptors (Lipinski definition) is 5. The fourth-order valence-corrected chi connectivity index (χ4v) is 2.41. The van der Waals surface area contributed by atoms with E-state index < -0.39 is 11.7 Å². The lowest BCUT2D eigenvalue weighted by Crippen LogP contribution is -2.41. The molecule has 0 saturated carbocycles. The van der Waals surface area contributed by atoms with Gasteiger partial charge in [0.1, 0.15) is 12.1 Å². The minimum atomic E-state index is -0.566. The molecule has 124 valence electrons. The Morgan fingerprint density at radius 3 is 2.64 bits per heavy atom. The van der Waals surface area contributed by atoms with Gasteiger partial charge in [0.25, 0.3) is 0 Å². The first kappa shape index (κ1) is 18.4. The Morgan fingerprint density at radius 2 is 2.09 bits per heavy atom. The molecule has 6 nitrogen and oxygen atoms in total. The van der Waals surface area contributed by atoms with Crippen molar-refractivity contribution in [1.82, 2.24) is 15.2 Å². The van der Waals surface area contributed by atoms with E-state index in [-0.39, 0.29) is 12.5 Å². The number of thiazole rings is 1. The zero-order valence-corrected chi connectivity index (χ0v) is 14.7. The second kappa shape index (κ2) is 8.12. The third-order valence-electron chi connectivity index (χ3n) is 2.69. The Morgan fingerprint density at radius 1 is 1.41 bits per heavy atom. The molecule has 0 aliphatic carbocycles. The minimum Gasteiger partial charge on any atom is -0.444 e. The molecular formula is C15H25N3O3S. The van der Waals surface area contributed by atoms with Crippen molar-refractivity contribution in [3.8, 4) is 0 Å². The van der Waals surface area contributed by atoms with Gasteiger partial charge in [-0.3, -0.25) is 4.79 Å². The van der Waals surface area contributed by atoms with E-state index in [1.165, 1.54) is 4.90 Å². The molecule has 1 aromatic rings. The number of likely N-dealkylation sites (N-methyl/N-ethyl adjacent to an activating group) is 1. The standard InChI is InChI=1S/C15H25N3O3S/c1-6-13-17-11(10-22-13)7-8-16-12(19)9-18(5)14(20)21-15(2,3)4/h10H,6-9H2,1-5H3,(H,16,19). The average Bonchev–Trinajstić information content (AvgIpc) is 2.84. The van der Waals surface area contributed by atoms with Crippen molar-refractivity contribution in [2.45, 2.75) is 46.1 Å². The highest BCUT2D eigenvalue weighted by molar-refractivity contribution is 7.09. The Labute approximate surface area is 135 Å².